The van der Waals surface area contributed by atoms with Crippen LogP contribution in [0.15, 0.2) is 4.42 Å². The van der Waals surface area contributed by atoms with Crippen LogP contribution in [0, 0.1) is 0 Å². The zero-order valence-corrected chi connectivity index (χ0v) is 13.6. The predicted molar refractivity (Wildman–Crippen MR) is 82.1 cm³/mol. The van der Waals surface area contributed by atoms with Crippen molar-refractivity contribution < 1.29 is 4.42 Å². The van der Waals surface area contributed by atoms with Crippen LogP contribution >= 0.6 is 0 Å². The summed E-state index contributed by atoms with van der Waals surface area (Å²) < 4.78 is 5.90. The number of nitrogens with one attached hydrogen (secondary N) is 1. The molecule has 5 heteroatoms. The molecule has 2 fully saturated rings. The van der Waals surface area contributed by atoms with Gasteiger partial charge in [-0.25, -0.2) is 0 Å². The summed E-state index contributed by atoms with van der Waals surface area (Å²) in [4.78, 5) is 2.59. The molecular formula is C16H28N4O. The van der Waals surface area contributed by atoms with Crippen LogP contribution in [0.4, 0.5) is 0 Å². The third-order valence-corrected chi connectivity index (χ3v) is 4.90. The highest BCUT2D eigenvalue weighted by atomic mass is 16.4. The molecule has 1 aromatic rings. The first-order valence-electron chi connectivity index (χ1n) is 8.28. The molecule has 2 aliphatic rings. The lowest BCUT2D eigenvalue weighted by atomic mass is 9.79. The van der Waals surface area contributed by atoms with Crippen LogP contribution in [-0.2, 0) is 12.0 Å². The van der Waals surface area contributed by atoms with Crippen LogP contribution in [0.5, 0.6) is 0 Å². The third-order valence-electron chi connectivity index (χ3n) is 4.90. The van der Waals surface area contributed by atoms with E-state index in [9.17, 15) is 0 Å². The second-order valence-corrected chi connectivity index (χ2v) is 7.63. The Hall–Kier alpha value is -0.940. The van der Waals surface area contributed by atoms with Crippen LogP contribution in [-0.4, -0.2) is 40.3 Å². The monoisotopic (exact) mass is 292 g/mol. The number of nitrogens with zero attached hydrogens (tertiary/aromatic N) is 3. The average Bonchev–Trinajstić information content (AvgIpc) is 2.91. The van der Waals surface area contributed by atoms with E-state index in [0.717, 1.165) is 38.0 Å². The first-order chi connectivity index (χ1) is 10.00. The molecule has 118 valence electrons. The largest absolute Gasteiger partial charge is 0.423 e. The van der Waals surface area contributed by atoms with Gasteiger partial charge in [0.25, 0.3) is 0 Å². The lowest BCUT2D eigenvalue weighted by Gasteiger charge is -2.49. The van der Waals surface area contributed by atoms with Gasteiger partial charge in [0.2, 0.25) is 11.8 Å². The quantitative estimate of drug-likeness (QED) is 0.907. The number of piperazine rings is 1. The van der Waals surface area contributed by atoms with Crippen molar-refractivity contribution in [3.63, 3.8) is 0 Å². The lowest BCUT2D eigenvalue weighted by molar-refractivity contribution is 0.0143. The van der Waals surface area contributed by atoms with Crippen molar-refractivity contribution in [3.05, 3.63) is 11.8 Å². The Morgan fingerprint density at radius 3 is 2.62 bits per heavy atom. The molecule has 1 aliphatic heterocycles. The first kappa shape index (κ1) is 15.0. The van der Waals surface area contributed by atoms with Gasteiger partial charge in [0, 0.05) is 30.6 Å². The summed E-state index contributed by atoms with van der Waals surface area (Å²) in [6.45, 7) is 10.4. The minimum absolute atomic E-state index is 0.0722. The van der Waals surface area contributed by atoms with Gasteiger partial charge in [-0.2, -0.15) is 0 Å². The summed E-state index contributed by atoms with van der Waals surface area (Å²) in [5.74, 6) is 1.51. The molecule has 1 N–H and O–H groups in total. The maximum Gasteiger partial charge on any atom is 0.230 e. The van der Waals surface area contributed by atoms with Crippen molar-refractivity contribution in [1.29, 1.82) is 0 Å². The average molecular weight is 292 g/mol. The molecular weight excluding hydrogens is 264 g/mol. The molecule has 0 unspecified atom stereocenters. The van der Waals surface area contributed by atoms with E-state index in [2.05, 4.69) is 41.2 Å². The van der Waals surface area contributed by atoms with Gasteiger partial charge >= 0.3 is 0 Å². The molecule has 21 heavy (non-hydrogen) atoms. The first-order valence-corrected chi connectivity index (χ1v) is 8.28. The second-order valence-electron chi connectivity index (χ2n) is 7.63. The van der Waals surface area contributed by atoms with E-state index in [1.165, 1.54) is 32.1 Å². The van der Waals surface area contributed by atoms with E-state index in [1.54, 1.807) is 0 Å². The fourth-order valence-electron chi connectivity index (χ4n) is 3.62. The molecule has 0 bridgehead atoms. The smallest absolute Gasteiger partial charge is 0.230 e. The minimum atomic E-state index is -0.0722. The predicted octanol–water partition coefficient (Wildman–Crippen LogP) is 2.48. The van der Waals surface area contributed by atoms with Crippen LogP contribution in [0.25, 0.3) is 0 Å². The molecule has 5 nitrogen and oxygen atoms in total. The highest BCUT2D eigenvalue weighted by molar-refractivity contribution is 5.01. The van der Waals surface area contributed by atoms with E-state index >= 15 is 0 Å². The van der Waals surface area contributed by atoms with Crippen LogP contribution in [0.1, 0.15) is 64.7 Å². The SMILES string of the molecule is CC(C)(C)c1nnc(CN2CCNCC23CCCCC3)o1. The van der Waals surface area contributed by atoms with Crippen molar-refractivity contribution in [2.45, 2.75) is 70.4 Å². The number of rotatable bonds is 2. The molecule has 1 aliphatic carbocycles. The fourth-order valence-corrected chi connectivity index (χ4v) is 3.62. The zero-order chi connectivity index (χ0) is 14.9. The Morgan fingerprint density at radius 2 is 1.95 bits per heavy atom. The van der Waals surface area contributed by atoms with Crippen LogP contribution < -0.4 is 5.32 Å². The molecule has 1 aromatic heterocycles. The molecule has 0 amide bonds. The molecule has 1 saturated carbocycles. The van der Waals surface area contributed by atoms with Crippen molar-refractivity contribution in [3.8, 4) is 0 Å². The molecule has 1 saturated heterocycles. The lowest BCUT2D eigenvalue weighted by Crippen LogP contribution is -2.61. The van der Waals surface area contributed by atoms with E-state index in [0.29, 0.717) is 5.54 Å². The Morgan fingerprint density at radius 1 is 1.19 bits per heavy atom. The Labute approximate surface area is 127 Å². The highest BCUT2D eigenvalue weighted by Crippen LogP contribution is 2.35. The van der Waals surface area contributed by atoms with Crippen LogP contribution in [0.3, 0.4) is 0 Å². The molecule has 2 heterocycles. The Bertz CT molecular complexity index is 463. The summed E-state index contributed by atoms with van der Waals surface area (Å²) in [6, 6.07) is 0. The Kier molecular flexibility index (Phi) is 4.06. The summed E-state index contributed by atoms with van der Waals surface area (Å²) in [6.07, 6.45) is 6.65. The Balaban J connectivity index is 1.74. The zero-order valence-electron chi connectivity index (χ0n) is 13.6. The topological polar surface area (TPSA) is 54.2 Å². The minimum Gasteiger partial charge on any atom is -0.423 e. The summed E-state index contributed by atoms with van der Waals surface area (Å²) >= 11 is 0. The van der Waals surface area contributed by atoms with E-state index < -0.39 is 0 Å². The van der Waals surface area contributed by atoms with Gasteiger partial charge in [0.05, 0.1) is 6.54 Å². The van der Waals surface area contributed by atoms with Crippen molar-refractivity contribution >= 4 is 0 Å². The van der Waals surface area contributed by atoms with E-state index in [1.807, 2.05) is 0 Å². The van der Waals surface area contributed by atoms with E-state index in [4.69, 9.17) is 4.42 Å². The maximum atomic E-state index is 5.90. The number of hydrogen-bond acceptors (Lipinski definition) is 5. The standard InChI is InChI=1S/C16H28N4O/c1-15(2,3)14-19-18-13(21-14)11-20-10-9-17-12-16(20)7-5-4-6-8-16/h17H,4-12H2,1-3H3. The molecule has 0 radical (unpaired) electrons. The van der Waals surface area contributed by atoms with Gasteiger partial charge in [-0.05, 0) is 12.8 Å². The third kappa shape index (κ3) is 3.14. The summed E-state index contributed by atoms with van der Waals surface area (Å²) in [5.41, 5.74) is 0.240. The van der Waals surface area contributed by atoms with Gasteiger partial charge < -0.3 is 9.73 Å². The maximum absolute atomic E-state index is 5.90. The van der Waals surface area contributed by atoms with Gasteiger partial charge in [0.1, 0.15) is 0 Å². The highest BCUT2D eigenvalue weighted by Gasteiger charge is 2.40. The molecule has 0 aromatic carbocycles. The van der Waals surface area contributed by atoms with Crippen molar-refractivity contribution in [1.82, 2.24) is 20.4 Å². The van der Waals surface area contributed by atoms with Gasteiger partial charge in [0.15, 0.2) is 0 Å². The van der Waals surface area contributed by atoms with Crippen molar-refractivity contribution in [2.75, 3.05) is 19.6 Å². The molecule has 0 atom stereocenters. The summed E-state index contributed by atoms with van der Waals surface area (Å²) in [7, 11) is 0. The molecule has 3 rings (SSSR count). The van der Waals surface area contributed by atoms with Gasteiger partial charge in [-0.3, -0.25) is 4.90 Å². The van der Waals surface area contributed by atoms with E-state index in [-0.39, 0.29) is 5.41 Å². The normalized spacial score (nSPS) is 23.6. The number of hydrogen-bond donors (Lipinski definition) is 1. The molecule has 1 spiro atoms. The summed E-state index contributed by atoms with van der Waals surface area (Å²) in [5, 5.41) is 12.1. The van der Waals surface area contributed by atoms with Crippen molar-refractivity contribution in [2.24, 2.45) is 0 Å². The second kappa shape index (κ2) is 5.69. The number of aromatic nitrogens is 2. The van der Waals surface area contributed by atoms with Gasteiger partial charge in [-0.15, -0.1) is 10.2 Å². The van der Waals surface area contributed by atoms with Crippen LogP contribution in [0.2, 0.25) is 0 Å². The fraction of sp³-hybridized carbons (Fsp3) is 0.875. The van der Waals surface area contributed by atoms with Gasteiger partial charge in [-0.1, -0.05) is 40.0 Å².